The van der Waals surface area contributed by atoms with Crippen LogP contribution in [0.5, 0.6) is 5.75 Å². The topological polar surface area (TPSA) is 61.9 Å². The van der Waals surface area contributed by atoms with Crippen LogP contribution < -0.4 is 10.1 Å². The van der Waals surface area contributed by atoms with Crippen molar-refractivity contribution in [2.45, 2.75) is 20.8 Å². The molecule has 1 N–H and O–H groups in total. The minimum Gasteiger partial charge on any atom is -0.494 e. The fourth-order valence-electron chi connectivity index (χ4n) is 3.63. The van der Waals surface area contributed by atoms with Gasteiger partial charge in [-0.1, -0.05) is 30.3 Å². The van der Waals surface area contributed by atoms with Crippen molar-refractivity contribution in [2.75, 3.05) is 44.6 Å². The summed E-state index contributed by atoms with van der Waals surface area (Å²) in [7, 11) is 0. The lowest BCUT2D eigenvalue weighted by atomic mass is 10.1. The molecule has 3 rings (SSSR count). The lowest BCUT2D eigenvalue weighted by Crippen LogP contribution is -2.50. The summed E-state index contributed by atoms with van der Waals surface area (Å²) < 4.78 is 5.43. The largest absolute Gasteiger partial charge is 0.494 e. The van der Waals surface area contributed by atoms with Crippen molar-refractivity contribution < 1.29 is 14.3 Å². The first-order chi connectivity index (χ1) is 15.0. The van der Waals surface area contributed by atoms with Crippen molar-refractivity contribution in [2.24, 2.45) is 0 Å². The van der Waals surface area contributed by atoms with Crippen molar-refractivity contribution in [1.29, 1.82) is 0 Å². The van der Waals surface area contributed by atoms with Crippen LogP contribution in [0.2, 0.25) is 0 Å². The number of piperazine rings is 1. The van der Waals surface area contributed by atoms with E-state index in [0.717, 1.165) is 28.1 Å². The number of nitrogens with zero attached hydrogens (tertiary/aromatic N) is 2. The third kappa shape index (κ3) is 6.43. The van der Waals surface area contributed by atoms with E-state index < -0.39 is 0 Å². The molecule has 2 amide bonds. The lowest BCUT2D eigenvalue weighted by Gasteiger charge is -2.33. The van der Waals surface area contributed by atoms with Gasteiger partial charge in [-0.25, -0.2) is 0 Å². The van der Waals surface area contributed by atoms with E-state index in [1.165, 1.54) is 0 Å². The Morgan fingerprint density at radius 2 is 1.65 bits per heavy atom. The van der Waals surface area contributed by atoms with Crippen LogP contribution in [0.1, 0.15) is 23.6 Å². The van der Waals surface area contributed by atoms with Crippen LogP contribution in [0.4, 0.5) is 5.69 Å². The summed E-state index contributed by atoms with van der Waals surface area (Å²) in [5.41, 5.74) is 3.96. The van der Waals surface area contributed by atoms with E-state index in [9.17, 15) is 9.59 Å². The van der Waals surface area contributed by atoms with Crippen LogP contribution in [0.15, 0.2) is 48.5 Å². The van der Waals surface area contributed by atoms with Gasteiger partial charge in [-0.3, -0.25) is 14.5 Å². The Morgan fingerprint density at radius 3 is 2.26 bits per heavy atom. The quantitative estimate of drug-likeness (QED) is 0.695. The highest BCUT2D eigenvalue weighted by atomic mass is 16.5. The molecule has 2 aromatic carbocycles. The number of rotatable bonds is 7. The standard InChI is InChI=1S/C25H31N3O3/c1-4-31-22-11-8-21(9-12-22)10-13-24(30)28-16-14-27(15-17-28)18-23(29)26-25-19(2)6-5-7-20(25)3/h5-13H,4,14-18H2,1-3H3,(H,26,29)/b13-10+. The Morgan fingerprint density at radius 1 is 1.00 bits per heavy atom. The Hall–Kier alpha value is -3.12. The maximum absolute atomic E-state index is 12.5. The average Bonchev–Trinajstić information content (AvgIpc) is 2.76. The minimum absolute atomic E-state index is 0.00600. The van der Waals surface area contributed by atoms with Crippen LogP contribution in [-0.4, -0.2) is 60.9 Å². The number of hydrogen-bond acceptors (Lipinski definition) is 4. The molecule has 0 aromatic heterocycles. The molecule has 164 valence electrons. The molecule has 0 spiro atoms. The molecule has 1 aliphatic rings. The van der Waals surface area contributed by atoms with E-state index in [4.69, 9.17) is 4.74 Å². The molecule has 1 fully saturated rings. The van der Waals surface area contributed by atoms with Gasteiger partial charge < -0.3 is 15.0 Å². The molecule has 0 atom stereocenters. The molecule has 2 aromatic rings. The van der Waals surface area contributed by atoms with E-state index >= 15 is 0 Å². The maximum Gasteiger partial charge on any atom is 0.246 e. The van der Waals surface area contributed by atoms with Crippen LogP contribution in [-0.2, 0) is 9.59 Å². The third-order valence-electron chi connectivity index (χ3n) is 5.41. The zero-order valence-corrected chi connectivity index (χ0v) is 18.6. The molecule has 1 aliphatic heterocycles. The molecule has 0 radical (unpaired) electrons. The predicted octanol–water partition coefficient (Wildman–Crippen LogP) is 3.50. The second-order valence-electron chi connectivity index (χ2n) is 7.75. The molecule has 31 heavy (non-hydrogen) atoms. The summed E-state index contributed by atoms with van der Waals surface area (Å²) >= 11 is 0. The lowest BCUT2D eigenvalue weighted by molar-refractivity contribution is -0.127. The predicted molar refractivity (Wildman–Crippen MR) is 124 cm³/mol. The van der Waals surface area contributed by atoms with Crippen LogP contribution in [0.3, 0.4) is 0 Å². The number of para-hydroxylation sites is 1. The van der Waals surface area contributed by atoms with E-state index in [1.54, 1.807) is 6.08 Å². The summed E-state index contributed by atoms with van der Waals surface area (Å²) in [6.07, 6.45) is 3.43. The Kier molecular flexibility index (Phi) is 7.84. The van der Waals surface area contributed by atoms with Crippen LogP contribution in [0.25, 0.3) is 6.08 Å². The number of carbonyl (C=O) groups is 2. The van der Waals surface area contributed by atoms with Crippen LogP contribution >= 0.6 is 0 Å². The number of aryl methyl sites for hydroxylation is 2. The van der Waals surface area contributed by atoms with Gasteiger partial charge in [-0.2, -0.15) is 0 Å². The number of carbonyl (C=O) groups excluding carboxylic acids is 2. The third-order valence-corrected chi connectivity index (χ3v) is 5.41. The highest BCUT2D eigenvalue weighted by Crippen LogP contribution is 2.19. The zero-order valence-electron chi connectivity index (χ0n) is 18.6. The van der Waals surface area contributed by atoms with Gasteiger partial charge >= 0.3 is 0 Å². The molecule has 0 bridgehead atoms. The molecule has 0 unspecified atom stereocenters. The van der Waals surface area contributed by atoms with E-state index in [2.05, 4.69) is 10.2 Å². The van der Waals surface area contributed by atoms with Gasteiger partial charge in [0.25, 0.3) is 0 Å². The molecule has 6 heteroatoms. The monoisotopic (exact) mass is 421 g/mol. The van der Waals surface area contributed by atoms with Gasteiger partial charge in [-0.05, 0) is 55.7 Å². The fourth-order valence-corrected chi connectivity index (χ4v) is 3.63. The van der Waals surface area contributed by atoms with Gasteiger partial charge in [0.2, 0.25) is 11.8 Å². The molecule has 1 saturated heterocycles. The SMILES string of the molecule is CCOc1ccc(/C=C/C(=O)N2CCN(CC(=O)Nc3c(C)cccc3C)CC2)cc1. The number of hydrogen-bond donors (Lipinski definition) is 1. The highest BCUT2D eigenvalue weighted by molar-refractivity contribution is 5.94. The first-order valence-electron chi connectivity index (χ1n) is 10.7. The summed E-state index contributed by atoms with van der Waals surface area (Å²) in [6.45, 7) is 9.49. The fraction of sp³-hybridized carbons (Fsp3) is 0.360. The second-order valence-corrected chi connectivity index (χ2v) is 7.75. The normalized spacial score (nSPS) is 14.6. The number of nitrogens with one attached hydrogen (secondary N) is 1. The van der Waals surface area contributed by atoms with E-state index in [0.29, 0.717) is 39.3 Å². The first-order valence-corrected chi connectivity index (χ1v) is 10.7. The van der Waals surface area contributed by atoms with Crippen molar-refractivity contribution in [1.82, 2.24) is 9.80 Å². The highest BCUT2D eigenvalue weighted by Gasteiger charge is 2.21. The summed E-state index contributed by atoms with van der Waals surface area (Å²) in [6, 6.07) is 13.6. The van der Waals surface area contributed by atoms with Crippen molar-refractivity contribution in [3.63, 3.8) is 0 Å². The Bertz CT molecular complexity index is 909. The van der Waals surface area contributed by atoms with Crippen molar-refractivity contribution in [3.05, 3.63) is 65.2 Å². The molecule has 0 aliphatic carbocycles. The van der Waals surface area contributed by atoms with Crippen LogP contribution in [0, 0.1) is 13.8 Å². The molecule has 6 nitrogen and oxygen atoms in total. The van der Waals surface area contributed by atoms with E-state index in [-0.39, 0.29) is 11.8 Å². The zero-order chi connectivity index (χ0) is 22.2. The molecular formula is C25H31N3O3. The van der Waals surface area contributed by atoms with Gasteiger partial charge in [0.1, 0.15) is 5.75 Å². The number of ether oxygens (including phenoxy) is 1. The second kappa shape index (κ2) is 10.8. The molecule has 0 saturated carbocycles. The number of benzene rings is 2. The molecule has 1 heterocycles. The smallest absolute Gasteiger partial charge is 0.246 e. The minimum atomic E-state index is -0.0208. The van der Waals surface area contributed by atoms with Gasteiger partial charge in [0.05, 0.1) is 13.2 Å². The Balaban J connectivity index is 1.45. The van der Waals surface area contributed by atoms with Gasteiger partial charge in [0.15, 0.2) is 0 Å². The number of amides is 2. The summed E-state index contributed by atoms with van der Waals surface area (Å²) in [5, 5.41) is 3.03. The Labute approximate surface area is 184 Å². The van der Waals surface area contributed by atoms with Gasteiger partial charge in [-0.15, -0.1) is 0 Å². The number of anilines is 1. The van der Waals surface area contributed by atoms with Crippen molar-refractivity contribution >= 4 is 23.6 Å². The van der Waals surface area contributed by atoms with Crippen molar-refractivity contribution in [3.8, 4) is 5.75 Å². The summed E-state index contributed by atoms with van der Waals surface area (Å²) in [4.78, 5) is 28.9. The average molecular weight is 422 g/mol. The van der Waals surface area contributed by atoms with E-state index in [1.807, 2.05) is 74.2 Å². The summed E-state index contributed by atoms with van der Waals surface area (Å²) in [5.74, 6) is 0.796. The van der Waals surface area contributed by atoms with Gasteiger partial charge in [0, 0.05) is 37.9 Å². The molecular weight excluding hydrogens is 390 g/mol. The maximum atomic E-state index is 12.5. The first kappa shape index (κ1) is 22.6.